The molecule has 1 aromatic rings. The van der Waals surface area contributed by atoms with Gasteiger partial charge in [0.2, 0.25) is 0 Å². The van der Waals surface area contributed by atoms with Crippen LogP contribution in [0.3, 0.4) is 0 Å². The number of oxime groups is 1. The smallest absolute Gasteiger partial charge is 0.0839 e. The summed E-state index contributed by atoms with van der Waals surface area (Å²) in [7, 11) is 0. The van der Waals surface area contributed by atoms with Crippen molar-refractivity contribution in [3.05, 3.63) is 35.4 Å². The highest BCUT2D eigenvalue weighted by Crippen LogP contribution is 2.03. The Labute approximate surface area is 81.8 Å². The van der Waals surface area contributed by atoms with E-state index >= 15 is 0 Å². The first-order valence-corrected chi connectivity index (χ1v) is 4.23. The van der Waals surface area contributed by atoms with Crippen LogP contribution in [0.1, 0.15) is 11.1 Å². The third kappa shape index (κ3) is 2.81. The molecule has 0 aliphatic carbocycles. The van der Waals surface area contributed by atoms with Crippen LogP contribution >= 0.6 is 11.6 Å². The highest BCUT2D eigenvalue weighted by molar-refractivity contribution is 6.19. The Morgan fingerprint density at radius 1 is 1.46 bits per heavy atom. The van der Waals surface area contributed by atoms with Gasteiger partial charge in [0.25, 0.3) is 0 Å². The van der Waals surface area contributed by atoms with Gasteiger partial charge in [-0.25, -0.2) is 0 Å². The van der Waals surface area contributed by atoms with Crippen molar-refractivity contribution in [2.45, 2.75) is 0 Å². The van der Waals surface area contributed by atoms with Gasteiger partial charge in [0.05, 0.1) is 12.1 Å². The van der Waals surface area contributed by atoms with E-state index in [1.807, 2.05) is 24.3 Å². The van der Waals surface area contributed by atoms with E-state index in [0.29, 0.717) is 5.88 Å². The lowest BCUT2D eigenvalue weighted by molar-refractivity contribution is 0.322. The van der Waals surface area contributed by atoms with Crippen LogP contribution in [-0.4, -0.2) is 17.3 Å². The zero-order valence-electron chi connectivity index (χ0n) is 6.87. The lowest BCUT2D eigenvalue weighted by Gasteiger charge is -1.94. The molecule has 0 radical (unpaired) electrons. The van der Waals surface area contributed by atoms with Crippen molar-refractivity contribution in [3.8, 4) is 11.8 Å². The summed E-state index contributed by atoms with van der Waals surface area (Å²) in [5.41, 5.74) is 1.59. The van der Waals surface area contributed by atoms with Crippen LogP contribution in [0.25, 0.3) is 0 Å². The van der Waals surface area contributed by atoms with Crippen LogP contribution in [0.15, 0.2) is 29.4 Å². The number of alkyl halides is 1. The maximum Gasteiger partial charge on any atom is 0.0839 e. The molecule has 0 saturated carbocycles. The number of rotatable bonds is 1. The first kappa shape index (κ1) is 9.63. The Morgan fingerprint density at radius 2 is 2.23 bits per heavy atom. The quantitative estimate of drug-likeness (QED) is 0.239. The highest BCUT2D eigenvalue weighted by Gasteiger charge is 1.93. The van der Waals surface area contributed by atoms with E-state index in [1.54, 1.807) is 0 Å². The first-order valence-electron chi connectivity index (χ1n) is 3.70. The molecule has 66 valence electrons. The van der Waals surface area contributed by atoms with Gasteiger partial charge >= 0.3 is 0 Å². The van der Waals surface area contributed by atoms with E-state index in [2.05, 4.69) is 17.0 Å². The van der Waals surface area contributed by atoms with Crippen molar-refractivity contribution in [2.75, 3.05) is 5.88 Å². The van der Waals surface area contributed by atoms with E-state index in [1.165, 1.54) is 6.21 Å². The van der Waals surface area contributed by atoms with E-state index in [4.69, 9.17) is 16.8 Å². The van der Waals surface area contributed by atoms with Crippen molar-refractivity contribution < 1.29 is 5.21 Å². The summed E-state index contributed by atoms with van der Waals surface area (Å²) >= 11 is 5.42. The molecule has 0 fully saturated rings. The van der Waals surface area contributed by atoms with Crippen LogP contribution < -0.4 is 0 Å². The van der Waals surface area contributed by atoms with Crippen molar-refractivity contribution >= 4 is 17.8 Å². The van der Waals surface area contributed by atoms with E-state index in [0.717, 1.165) is 11.1 Å². The summed E-state index contributed by atoms with van der Waals surface area (Å²) in [4.78, 5) is 0. The van der Waals surface area contributed by atoms with Crippen molar-refractivity contribution in [2.24, 2.45) is 5.16 Å². The number of hydrogen-bond acceptors (Lipinski definition) is 2. The zero-order chi connectivity index (χ0) is 9.52. The molecule has 3 heteroatoms. The average Bonchev–Trinajstić information content (AvgIpc) is 2.17. The van der Waals surface area contributed by atoms with Crippen molar-refractivity contribution in [1.29, 1.82) is 0 Å². The molecule has 0 amide bonds. The molecule has 0 atom stereocenters. The third-order valence-corrected chi connectivity index (χ3v) is 1.58. The summed E-state index contributed by atoms with van der Waals surface area (Å²) in [5, 5.41) is 11.3. The van der Waals surface area contributed by atoms with Gasteiger partial charge in [0, 0.05) is 11.1 Å². The molecule has 1 rings (SSSR count). The van der Waals surface area contributed by atoms with E-state index in [-0.39, 0.29) is 0 Å². The molecule has 0 aromatic heterocycles. The SMILES string of the molecule is ON=Cc1ccccc1C#CCCl. The molecule has 0 aliphatic heterocycles. The predicted octanol–water partition coefficient (Wildman–Crippen LogP) is 2.08. The summed E-state index contributed by atoms with van der Waals surface area (Å²) < 4.78 is 0. The second kappa shape index (κ2) is 5.23. The van der Waals surface area contributed by atoms with Gasteiger partial charge in [-0.05, 0) is 6.07 Å². The summed E-state index contributed by atoms with van der Waals surface area (Å²) in [6.45, 7) is 0. The topological polar surface area (TPSA) is 32.6 Å². The Kier molecular flexibility index (Phi) is 3.87. The second-order valence-electron chi connectivity index (χ2n) is 2.27. The molecule has 0 heterocycles. The van der Waals surface area contributed by atoms with Gasteiger partial charge in [-0.15, -0.1) is 11.6 Å². The van der Waals surface area contributed by atoms with Gasteiger partial charge < -0.3 is 5.21 Å². The van der Waals surface area contributed by atoms with Gasteiger partial charge in [-0.2, -0.15) is 0 Å². The summed E-state index contributed by atoms with van der Waals surface area (Å²) in [6.07, 6.45) is 1.35. The van der Waals surface area contributed by atoms with Crippen LogP contribution in [0.2, 0.25) is 0 Å². The van der Waals surface area contributed by atoms with E-state index < -0.39 is 0 Å². The van der Waals surface area contributed by atoms with Gasteiger partial charge in [0.1, 0.15) is 0 Å². The van der Waals surface area contributed by atoms with Crippen LogP contribution in [0.5, 0.6) is 0 Å². The molecule has 2 nitrogen and oxygen atoms in total. The maximum atomic E-state index is 8.36. The summed E-state index contributed by atoms with van der Waals surface area (Å²) in [5.74, 6) is 5.90. The van der Waals surface area contributed by atoms with Crippen LogP contribution in [0, 0.1) is 11.8 Å². The van der Waals surface area contributed by atoms with Crippen LogP contribution in [-0.2, 0) is 0 Å². The molecule has 0 bridgehead atoms. The normalized spacial score (nSPS) is 9.62. The lowest BCUT2D eigenvalue weighted by Crippen LogP contribution is -1.86. The fourth-order valence-electron chi connectivity index (χ4n) is 0.914. The van der Waals surface area contributed by atoms with Crippen LogP contribution in [0.4, 0.5) is 0 Å². The molecule has 0 spiro atoms. The first-order chi connectivity index (χ1) is 6.38. The number of hydrogen-bond donors (Lipinski definition) is 1. The fourth-order valence-corrected chi connectivity index (χ4v) is 0.981. The Morgan fingerprint density at radius 3 is 2.92 bits per heavy atom. The molecule has 13 heavy (non-hydrogen) atoms. The molecule has 0 saturated heterocycles. The minimum Gasteiger partial charge on any atom is -0.411 e. The zero-order valence-corrected chi connectivity index (χ0v) is 7.62. The minimum absolute atomic E-state index is 0.296. The molecule has 0 unspecified atom stereocenters. The third-order valence-electron chi connectivity index (χ3n) is 1.45. The standard InChI is InChI=1S/C10H8ClNO/c11-7-3-6-9-4-1-2-5-10(9)8-12-13/h1-2,4-5,8,13H,7H2. The van der Waals surface area contributed by atoms with Crippen molar-refractivity contribution in [3.63, 3.8) is 0 Å². The Bertz CT molecular complexity index is 363. The maximum absolute atomic E-state index is 8.36. The highest BCUT2D eigenvalue weighted by atomic mass is 35.5. The van der Waals surface area contributed by atoms with Gasteiger partial charge in [-0.3, -0.25) is 0 Å². The Hall–Kier alpha value is -1.46. The molecule has 0 aliphatic rings. The minimum atomic E-state index is 0.296. The molecule has 1 aromatic carbocycles. The molecular formula is C10H8ClNO. The molecule has 1 N–H and O–H groups in total. The predicted molar refractivity (Wildman–Crippen MR) is 53.4 cm³/mol. The average molecular weight is 194 g/mol. The van der Waals surface area contributed by atoms with E-state index in [9.17, 15) is 0 Å². The van der Waals surface area contributed by atoms with Crippen molar-refractivity contribution in [1.82, 2.24) is 0 Å². The monoisotopic (exact) mass is 193 g/mol. The fraction of sp³-hybridized carbons (Fsp3) is 0.100. The lowest BCUT2D eigenvalue weighted by atomic mass is 10.1. The van der Waals surface area contributed by atoms with Gasteiger partial charge in [-0.1, -0.05) is 35.2 Å². The number of halogens is 1. The second-order valence-corrected chi connectivity index (χ2v) is 2.53. The number of nitrogens with zero attached hydrogens (tertiary/aromatic N) is 1. The largest absolute Gasteiger partial charge is 0.411 e. The summed E-state index contributed by atoms with van der Waals surface area (Å²) in [6, 6.07) is 7.38. The Balaban J connectivity index is 3.04. The van der Waals surface area contributed by atoms with Gasteiger partial charge in [0.15, 0.2) is 0 Å². The molecular weight excluding hydrogens is 186 g/mol. The number of benzene rings is 1.